The molecule has 1 N–H and O–H groups in total. The maximum Gasteiger partial charge on any atom is 0.235 e. The van der Waals surface area contributed by atoms with Gasteiger partial charge in [0.2, 0.25) is 5.91 Å². The van der Waals surface area contributed by atoms with Crippen LogP contribution in [0.5, 0.6) is 0 Å². The Labute approximate surface area is 178 Å². The van der Waals surface area contributed by atoms with Gasteiger partial charge in [-0.1, -0.05) is 60.7 Å². The zero-order valence-corrected chi connectivity index (χ0v) is 17.8. The van der Waals surface area contributed by atoms with Crippen LogP contribution in [0.2, 0.25) is 0 Å². The van der Waals surface area contributed by atoms with Gasteiger partial charge in [-0.05, 0) is 50.9 Å². The lowest BCUT2D eigenvalue weighted by molar-refractivity contribution is -0.123. The van der Waals surface area contributed by atoms with Crippen LogP contribution in [0.4, 0.5) is 5.69 Å². The standard InChI is InChI=1S/C25H30N4O/c1-20(2)29-19-23(17-26-29)27-24(30)25(22-11-7-4-8-12-22)13-15-28(16-14-25)18-21-9-5-3-6-10-21/h3-12,17,19-20H,13-16,18H2,1-2H3,(H,27,30). The molecule has 30 heavy (non-hydrogen) atoms. The second-order valence-electron chi connectivity index (χ2n) is 8.47. The monoisotopic (exact) mass is 402 g/mol. The van der Waals surface area contributed by atoms with Crippen molar-refractivity contribution in [2.24, 2.45) is 0 Å². The number of anilines is 1. The molecule has 1 saturated heterocycles. The number of hydrogen-bond donors (Lipinski definition) is 1. The van der Waals surface area contributed by atoms with Crippen molar-refractivity contribution in [3.05, 3.63) is 84.2 Å². The lowest BCUT2D eigenvalue weighted by atomic mass is 9.72. The zero-order chi connectivity index (χ0) is 21.0. The van der Waals surface area contributed by atoms with E-state index < -0.39 is 5.41 Å². The van der Waals surface area contributed by atoms with Crippen molar-refractivity contribution in [3.8, 4) is 0 Å². The van der Waals surface area contributed by atoms with Crippen molar-refractivity contribution in [3.63, 3.8) is 0 Å². The van der Waals surface area contributed by atoms with Crippen molar-refractivity contribution in [1.29, 1.82) is 0 Å². The highest BCUT2D eigenvalue weighted by molar-refractivity contribution is 5.99. The molecule has 3 aromatic rings. The minimum Gasteiger partial charge on any atom is -0.323 e. The smallest absolute Gasteiger partial charge is 0.235 e. The van der Waals surface area contributed by atoms with Crippen LogP contribution in [0.15, 0.2) is 73.1 Å². The van der Waals surface area contributed by atoms with Gasteiger partial charge in [-0.25, -0.2) is 0 Å². The van der Waals surface area contributed by atoms with E-state index in [4.69, 9.17) is 0 Å². The topological polar surface area (TPSA) is 50.2 Å². The minimum atomic E-state index is -0.519. The van der Waals surface area contributed by atoms with E-state index >= 15 is 0 Å². The molecule has 0 aliphatic carbocycles. The van der Waals surface area contributed by atoms with Gasteiger partial charge in [0.25, 0.3) is 0 Å². The van der Waals surface area contributed by atoms with Crippen LogP contribution in [-0.4, -0.2) is 33.7 Å². The quantitative estimate of drug-likeness (QED) is 0.654. The first-order valence-corrected chi connectivity index (χ1v) is 10.7. The van der Waals surface area contributed by atoms with E-state index in [1.54, 1.807) is 6.20 Å². The van der Waals surface area contributed by atoms with Crippen LogP contribution in [-0.2, 0) is 16.8 Å². The molecule has 1 aliphatic heterocycles. The molecule has 1 amide bonds. The highest BCUT2D eigenvalue weighted by Crippen LogP contribution is 2.37. The Bertz CT molecular complexity index is 957. The van der Waals surface area contributed by atoms with Crippen LogP contribution in [0.3, 0.4) is 0 Å². The number of carbonyl (C=O) groups excluding carboxylic acids is 1. The number of nitrogens with zero attached hydrogens (tertiary/aromatic N) is 3. The molecule has 0 radical (unpaired) electrons. The summed E-state index contributed by atoms with van der Waals surface area (Å²) in [6.07, 6.45) is 5.24. The molecule has 156 valence electrons. The summed E-state index contributed by atoms with van der Waals surface area (Å²) < 4.78 is 1.87. The van der Waals surface area contributed by atoms with Gasteiger partial charge in [0.05, 0.1) is 17.3 Å². The zero-order valence-electron chi connectivity index (χ0n) is 17.8. The van der Waals surface area contributed by atoms with Gasteiger partial charge in [0, 0.05) is 18.8 Å². The normalized spacial score (nSPS) is 16.5. The number of benzene rings is 2. The summed E-state index contributed by atoms with van der Waals surface area (Å²) in [7, 11) is 0. The van der Waals surface area contributed by atoms with Crippen molar-refractivity contribution in [1.82, 2.24) is 14.7 Å². The first-order valence-electron chi connectivity index (χ1n) is 10.7. The second kappa shape index (κ2) is 8.84. The first-order chi connectivity index (χ1) is 14.6. The summed E-state index contributed by atoms with van der Waals surface area (Å²) in [6.45, 7) is 6.86. The predicted molar refractivity (Wildman–Crippen MR) is 120 cm³/mol. The second-order valence-corrected chi connectivity index (χ2v) is 8.47. The average molecular weight is 403 g/mol. The molecule has 0 atom stereocenters. The molecule has 0 saturated carbocycles. The average Bonchev–Trinajstić information content (AvgIpc) is 3.25. The largest absolute Gasteiger partial charge is 0.323 e. The third kappa shape index (κ3) is 4.31. The third-order valence-corrected chi connectivity index (χ3v) is 6.11. The van der Waals surface area contributed by atoms with E-state index in [-0.39, 0.29) is 11.9 Å². The Kier molecular flexibility index (Phi) is 6.00. The fourth-order valence-corrected chi connectivity index (χ4v) is 4.27. The highest BCUT2D eigenvalue weighted by Gasteiger charge is 2.43. The molecule has 1 fully saturated rings. The summed E-state index contributed by atoms with van der Waals surface area (Å²) in [4.78, 5) is 16.0. The highest BCUT2D eigenvalue weighted by atomic mass is 16.2. The lowest BCUT2D eigenvalue weighted by Crippen LogP contribution is -2.49. The molecule has 1 aliphatic rings. The number of piperidine rings is 1. The van der Waals surface area contributed by atoms with Gasteiger partial charge in [-0.2, -0.15) is 5.10 Å². The number of hydrogen-bond acceptors (Lipinski definition) is 3. The van der Waals surface area contributed by atoms with Crippen LogP contribution in [0.25, 0.3) is 0 Å². The third-order valence-electron chi connectivity index (χ3n) is 6.11. The maximum absolute atomic E-state index is 13.6. The van der Waals surface area contributed by atoms with Crippen LogP contribution in [0.1, 0.15) is 43.9 Å². The number of amides is 1. The van der Waals surface area contributed by atoms with E-state index in [1.807, 2.05) is 35.1 Å². The molecular formula is C25H30N4O. The fraction of sp³-hybridized carbons (Fsp3) is 0.360. The molecule has 5 nitrogen and oxygen atoms in total. The predicted octanol–water partition coefficient (Wildman–Crippen LogP) is 4.64. The van der Waals surface area contributed by atoms with E-state index in [2.05, 4.69) is 65.6 Å². The molecule has 2 heterocycles. The Morgan fingerprint density at radius 1 is 1.03 bits per heavy atom. The van der Waals surface area contributed by atoms with Crippen LogP contribution >= 0.6 is 0 Å². The van der Waals surface area contributed by atoms with E-state index in [1.165, 1.54) is 5.56 Å². The van der Waals surface area contributed by atoms with Gasteiger partial charge >= 0.3 is 0 Å². The summed E-state index contributed by atoms with van der Waals surface area (Å²) >= 11 is 0. The summed E-state index contributed by atoms with van der Waals surface area (Å²) in [5.74, 6) is 0.0661. The van der Waals surface area contributed by atoms with Crippen molar-refractivity contribution >= 4 is 11.6 Å². The van der Waals surface area contributed by atoms with Gasteiger partial charge in [-0.15, -0.1) is 0 Å². The number of carbonyl (C=O) groups is 1. The molecule has 0 bridgehead atoms. The molecule has 5 heteroatoms. The molecular weight excluding hydrogens is 372 g/mol. The Morgan fingerprint density at radius 3 is 2.27 bits per heavy atom. The number of rotatable bonds is 6. The molecule has 0 unspecified atom stereocenters. The number of aromatic nitrogens is 2. The van der Waals surface area contributed by atoms with E-state index in [0.717, 1.165) is 43.7 Å². The van der Waals surface area contributed by atoms with Crippen LogP contribution in [0, 0.1) is 0 Å². The number of nitrogens with one attached hydrogen (secondary N) is 1. The summed E-state index contributed by atoms with van der Waals surface area (Å²) in [5.41, 5.74) is 2.65. The summed E-state index contributed by atoms with van der Waals surface area (Å²) in [6, 6.07) is 21.0. The molecule has 2 aromatic carbocycles. The summed E-state index contributed by atoms with van der Waals surface area (Å²) in [5, 5.41) is 7.51. The Balaban J connectivity index is 1.52. The Morgan fingerprint density at radius 2 is 1.67 bits per heavy atom. The van der Waals surface area contributed by atoms with Gasteiger partial charge in [0.1, 0.15) is 0 Å². The van der Waals surface area contributed by atoms with Gasteiger partial charge < -0.3 is 5.32 Å². The molecule has 1 aromatic heterocycles. The molecule has 0 spiro atoms. The van der Waals surface area contributed by atoms with Gasteiger partial charge in [0.15, 0.2) is 0 Å². The Hall–Kier alpha value is -2.92. The number of likely N-dealkylation sites (tertiary alicyclic amines) is 1. The minimum absolute atomic E-state index is 0.0661. The van der Waals surface area contributed by atoms with Crippen molar-refractivity contribution < 1.29 is 4.79 Å². The molecule has 4 rings (SSSR count). The van der Waals surface area contributed by atoms with E-state index in [0.29, 0.717) is 0 Å². The van der Waals surface area contributed by atoms with Crippen molar-refractivity contribution in [2.75, 3.05) is 18.4 Å². The fourth-order valence-electron chi connectivity index (χ4n) is 4.27. The van der Waals surface area contributed by atoms with Crippen molar-refractivity contribution in [2.45, 2.75) is 44.7 Å². The maximum atomic E-state index is 13.6. The van der Waals surface area contributed by atoms with Crippen LogP contribution < -0.4 is 5.32 Å². The first kappa shape index (κ1) is 20.4. The van der Waals surface area contributed by atoms with Gasteiger partial charge in [-0.3, -0.25) is 14.4 Å². The lowest BCUT2D eigenvalue weighted by Gasteiger charge is -2.41. The van der Waals surface area contributed by atoms with E-state index in [9.17, 15) is 4.79 Å². The SMILES string of the molecule is CC(C)n1cc(NC(=O)C2(c3ccccc3)CCN(Cc3ccccc3)CC2)cn1.